The minimum atomic E-state index is -0.182. The molecular formula is C21H30N4O3. The number of likely N-dealkylation sites (tertiary alicyclic amines) is 1. The number of imidazole rings is 1. The second-order valence-corrected chi connectivity index (χ2v) is 8.28. The summed E-state index contributed by atoms with van der Waals surface area (Å²) in [5.41, 5.74) is 2.31. The molecule has 0 bridgehead atoms. The maximum absolute atomic E-state index is 13.1. The topological polar surface area (TPSA) is 70.7 Å². The van der Waals surface area contributed by atoms with Gasteiger partial charge in [-0.1, -0.05) is 0 Å². The zero-order valence-corrected chi connectivity index (χ0v) is 16.8. The molecule has 0 saturated carbocycles. The van der Waals surface area contributed by atoms with E-state index in [1.807, 2.05) is 23.1 Å². The monoisotopic (exact) mass is 386 g/mol. The number of rotatable bonds is 6. The molecule has 0 radical (unpaired) electrons. The van der Waals surface area contributed by atoms with Crippen molar-refractivity contribution in [3.8, 4) is 0 Å². The summed E-state index contributed by atoms with van der Waals surface area (Å²) in [4.78, 5) is 24.7. The first-order valence-electron chi connectivity index (χ1n) is 10.1. The standard InChI is InChI=1S/C21H30N4O3/c1-24(8-9-27-2)12-16-11-21(28-13-16)6-3-7-25(14-21)20(26)17-4-5-18-19(10-17)23-15-22-18/h4-5,10,15-16H,3,6-9,11-14H2,1-2H3,(H,22,23)/t16-,21+/m0/s1. The molecule has 1 amide bonds. The molecule has 1 N–H and O–H groups in total. The quantitative estimate of drug-likeness (QED) is 0.824. The lowest BCUT2D eigenvalue weighted by Gasteiger charge is -2.40. The highest BCUT2D eigenvalue weighted by atomic mass is 16.5. The van der Waals surface area contributed by atoms with Crippen LogP contribution in [0.1, 0.15) is 29.6 Å². The molecule has 2 aliphatic rings. The number of aromatic nitrogens is 2. The number of carbonyl (C=O) groups is 1. The fraction of sp³-hybridized carbons (Fsp3) is 0.619. The number of hydrogen-bond acceptors (Lipinski definition) is 5. The molecule has 7 nitrogen and oxygen atoms in total. The summed E-state index contributed by atoms with van der Waals surface area (Å²) in [6.07, 6.45) is 4.71. The Morgan fingerprint density at radius 1 is 1.50 bits per heavy atom. The largest absolute Gasteiger partial charge is 0.383 e. The van der Waals surface area contributed by atoms with E-state index in [1.54, 1.807) is 13.4 Å². The van der Waals surface area contributed by atoms with Gasteiger partial charge in [0.2, 0.25) is 0 Å². The van der Waals surface area contributed by atoms with Gasteiger partial charge >= 0.3 is 0 Å². The molecule has 28 heavy (non-hydrogen) atoms. The number of piperidine rings is 1. The Labute approximate surface area is 166 Å². The molecular weight excluding hydrogens is 356 g/mol. The van der Waals surface area contributed by atoms with Gasteiger partial charge in [0.25, 0.3) is 5.91 Å². The van der Waals surface area contributed by atoms with Crippen LogP contribution in [0.3, 0.4) is 0 Å². The van der Waals surface area contributed by atoms with Crippen LogP contribution in [-0.4, -0.2) is 84.8 Å². The number of aromatic amines is 1. The summed E-state index contributed by atoms with van der Waals surface area (Å²) in [6, 6.07) is 5.67. The zero-order chi connectivity index (χ0) is 19.6. The molecule has 1 aromatic carbocycles. The number of nitrogens with zero attached hydrogens (tertiary/aromatic N) is 3. The normalized spacial score (nSPS) is 25.2. The first-order chi connectivity index (χ1) is 13.6. The van der Waals surface area contributed by atoms with Gasteiger partial charge in [-0.05, 0) is 50.4 Å². The SMILES string of the molecule is COCCN(C)C[C@H]1CO[C@]2(CCCN(C(=O)c3ccc4nc[nH]c4c3)C2)C1. The van der Waals surface area contributed by atoms with E-state index >= 15 is 0 Å². The molecule has 4 rings (SSSR count). The number of carbonyl (C=O) groups excluding carboxylic acids is 1. The third-order valence-corrected chi connectivity index (χ3v) is 6.03. The van der Waals surface area contributed by atoms with E-state index in [2.05, 4.69) is 21.9 Å². The number of methoxy groups -OCH3 is 1. The van der Waals surface area contributed by atoms with Gasteiger partial charge in [0, 0.05) is 38.9 Å². The van der Waals surface area contributed by atoms with Crippen LogP contribution >= 0.6 is 0 Å². The highest BCUT2D eigenvalue weighted by molar-refractivity contribution is 5.97. The van der Waals surface area contributed by atoms with Crippen molar-refractivity contribution in [1.82, 2.24) is 19.8 Å². The molecule has 2 atom stereocenters. The van der Waals surface area contributed by atoms with Crippen molar-refractivity contribution in [3.05, 3.63) is 30.1 Å². The summed E-state index contributed by atoms with van der Waals surface area (Å²) in [7, 11) is 3.87. The van der Waals surface area contributed by atoms with Crippen molar-refractivity contribution in [2.45, 2.75) is 24.9 Å². The number of hydrogen-bond donors (Lipinski definition) is 1. The average Bonchev–Trinajstić information content (AvgIpc) is 3.32. The number of ether oxygens (including phenoxy) is 2. The Balaban J connectivity index is 1.39. The lowest BCUT2D eigenvalue weighted by molar-refractivity contribution is -0.0450. The van der Waals surface area contributed by atoms with Gasteiger partial charge in [0.1, 0.15) is 0 Å². The van der Waals surface area contributed by atoms with E-state index in [0.717, 1.165) is 63.1 Å². The van der Waals surface area contributed by atoms with Crippen LogP contribution in [0.2, 0.25) is 0 Å². The molecule has 2 fully saturated rings. The van der Waals surface area contributed by atoms with Crippen LogP contribution in [0.15, 0.2) is 24.5 Å². The average molecular weight is 386 g/mol. The fourth-order valence-electron chi connectivity index (χ4n) is 4.64. The number of benzene rings is 1. The van der Waals surface area contributed by atoms with E-state index in [4.69, 9.17) is 9.47 Å². The Morgan fingerprint density at radius 3 is 3.25 bits per heavy atom. The van der Waals surface area contributed by atoms with Crippen molar-refractivity contribution in [1.29, 1.82) is 0 Å². The van der Waals surface area contributed by atoms with Gasteiger partial charge in [0.15, 0.2) is 0 Å². The molecule has 0 unspecified atom stereocenters. The van der Waals surface area contributed by atoms with Crippen LogP contribution in [0.5, 0.6) is 0 Å². The minimum Gasteiger partial charge on any atom is -0.383 e. The second-order valence-electron chi connectivity index (χ2n) is 8.28. The van der Waals surface area contributed by atoms with E-state index in [-0.39, 0.29) is 11.5 Å². The Morgan fingerprint density at radius 2 is 2.39 bits per heavy atom. The van der Waals surface area contributed by atoms with Gasteiger partial charge in [-0.3, -0.25) is 4.79 Å². The van der Waals surface area contributed by atoms with Crippen molar-refractivity contribution >= 4 is 16.9 Å². The Bertz CT molecular complexity index is 823. The van der Waals surface area contributed by atoms with Crippen LogP contribution in [-0.2, 0) is 9.47 Å². The van der Waals surface area contributed by atoms with Gasteiger partial charge in [-0.25, -0.2) is 4.98 Å². The Hall–Kier alpha value is -1.96. The molecule has 0 aliphatic carbocycles. The number of fused-ring (bicyclic) bond motifs is 1. The summed E-state index contributed by atoms with van der Waals surface area (Å²) in [5.74, 6) is 0.595. The number of H-pyrrole nitrogens is 1. The van der Waals surface area contributed by atoms with Gasteiger partial charge in [0.05, 0.1) is 36.2 Å². The summed E-state index contributed by atoms with van der Waals surface area (Å²) < 4.78 is 11.5. The second kappa shape index (κ2) is 8.19. The number of likely N-dealkylation sites (N-methyl/N-ethyl adjacent to an activating group) is 1. The van der Waals surface area contributed by atoms with E-state index in [9.17, 15) is 4.79 Å². The molecule has 3 heterocycles. The molecule has 7 heteroatoms. The number of amides is 1. The first kappa shape index (κ1) is 19.4. The maximum Gasteiger partial charge on any atom is 0.254 e. The lowest BCUT2D eigenvalue weighted by atomic mass is 9.86. The maximum atomic E-state index is 13.1. The van der Waals surface area contributed by atoms with Crippen LogP contribution in [0.4, 0.5) is 0 Å². The highest BCUT2D eigenvalue weighted by Crippen LogP contribution is 2.38. The third kappa shape index (κ3) is 4.06. The van der Waals surface area contributed by atoms with Crippen LogP contribution in [0, 0.1) is 5.92 Å². The summed E-state index contributed by atoms with van der Waals surface area (Å²) in [6.45, 7) is 4.95. The minimum absolute atomic E-state index is 0.0832. The third-order valence-electron chi connectivity index (χ3n) is 6.03. The molecule has 2 aromatic rings. The summed E-state index contributed by atoms with van der Waals surface area (Å²) in [5, 5.41) is 0. The number of nitrogens with one attached hydrogen (secondary N) is 1. The van der Waals surface area contributed by atoms with Gasteiger partial charge in [-0.15, -0.1) is 0 Å². The lowest BCUT2D eigenvalue weighted by Crippen LogP contribution is -2.50. The van der Waals surface area contributed by atoms with Gasteiger partial charge < -0.3 is 24.3 Å². The van der Waals surface area contributed by atoms with E-state index in [0.29, 0.717) is 18.0 Å². The van der Waals surface area contributed by atoms with E-state index < -0.39 is 0 Å². The molecule has 152 valence electrons. The van der Waals surface area contributed by atoms with Crippen molar-refractivity contribution in [2.75, 3.05) is 53.6 Å². The fourth-order valence-corrected chi connectivity index (χ4v) is 4.64. The molecule has 1 spiro atoms. The van der Waals surface area contributed by atoms with Crippen LogP contribution < -0.4 is 0 Å². The molecule has 1 aromatic heterocycles. The predicted molar refractivity (Wildman–Crippen MR) is 107 cm³/mol. The van der Waals surface area contributed by atoms with E-state index in [1.165, 1.54) is 0 Å². The zero-order valence-electron chi connectivity index (χ0n) is 16.8. The van der Waals surface area contributed by atoms with Crippen molar-refractivity contribution in [2.24, 2.45) is 5.92 Å². The smallest absolute Gasteiger partial charge is 0.254 e. The highest BCUT2D eigenvalue weighted by Gasteiger charge is 2.44. The Kier molecular flexibility index (Phi) is 5.66. The first-order valence-corrected chi connectivity index (χ1v) is 10.1. The predicted octanol–water partition coefficient (Wildman–Crippen LogP) is 2.15. The molecule has 2 saturated heterocycles. The van der Waals surface area contributed by atoms with Crippen molar-refractivity contribution < 1.29 is 14.3 Å². The summed E-state index contributed by atoms with van der Waals surface area (Å²) >= 11 is 0. The van der Waals surface area contributed by atoms with Crippen LogP contribution in [0.25, 0.3) is 11.0 Å². The van der Waals surface area contributed by atoms with Crippen molar-refractivity contribution in [3.63, 3.8) is 0 Å². The molecule has 2 aliphatic heterocycles. The van der Waals surface area contributed by atoms with Gasteiger partial charge in [-0.2, -0.15) is 0 Å².